The molecule has 2 unspecified atom stereocenters. The van der Waals surface area contributed by atoms with Crippen molar-refractivity contribution in [1.82, 2.24) is 0 Å². The lowest BCUT2D eigenvalue weighted by atomic mass is 9.43. The van der Waals surface area contributed by atoms with Crippen LogP contribution in [-0.4, -0.2) is 42.3 Å². The second kappa shape index (κ2) is 12.7. The smallest absolute Gasteiger partial charge is 0.442 e. The number of aromatic hydroxyl groups is 1. The summed E-state index contributed by atoms with van der Waals surface area (Å²) < 4.78 is 56.5. The normalized spacial score (nSPS) is 25.1. The van der Waals surface area contributed by atoms with Crippen LogP contribution in [-0.2, 0) is 36.7 Å². The van der Waals surface area contributed by atoms with Crippen molar-refractivity contribution >= 4 is 23.5 Å². The number of carbonyl (C=O) groups excluding carboxylic acids is 3. The van der Waals surface area contributed by atoms with Gasteiger partial charge in [-0.1, -0.05) is 42.3 Å². The number of nitrogens with one attached hydrogen (secondary N) is 1. The Morgan fingerprint density at radius 1 is 0.922 bits per heavy atom. The summed E-state index contributed by atoms with van der Waals surface area (Å²) in [6.45, 7) is -0.609. The van der Waals surface area contributed by atoms with Crippen LogP contribution in [0.2, 0.25) is 0 Å². The molecule has 3 aromatic carbocycles. The highest BCUT2D eigenvalue weighted by molar-refractivity contribution is 5.96. The summed E-state index contributed by atoms with van der Waals surface area (Å²) >= 11 is 0. The van der Waals surface area contributed by atoms with Gasteiger partial charge in [0.1, 0.15) is 18.1 Å². The average molecular weight is 702 g/mol. The fourth-order valence-corrected chi connectivity index (χ4v) is 8.61. The quantitative estimate of drug-likeness (QED) is 0.125. The predicted octanol–water partition coefficient (Wildman–Crippen LogP) is 6.96. The van der Waals surface area contributed by atoms with Gasteiger partial charge in [0.2, 0.25) is 0 Å². The van der Waals surface area contributed by atoms with Crippen LogP contribution >= 0.6 is 0 Å². The molecule has 1 amide bonds. The number of benzene rings is 3. The Labute approximate surface area is 291 Å². The highest BCUT2D eigenvalue weighted by Gasteiger charge is 2.65. The summed E-state index contributed by atoms with van der Waals surface area (Å²) in [6, 6.07) is 17.1. The van der Waals surface area contributed by atoms with Gasteiger partial charge in [0.25, 0.3) is 5.91 Å². The minimum atomic E-state index is -4.61. The molecule has 8 rings (SSSR count). The zero-order valence-electron chi connectivity index (χ0n) is 27.4. The van der Waals surface area contributed by atoms with E-state index in [0.717, 1.165) is 37.7 Å². The lowest BCUT2D eigenvalue weighted by Gasteiger charge is -2.61. The molecular formula is C38H34F3N3O7. The van der Waals surface area contributed by atoms with Gasteiger partial charge >= 0.3 is 23.8 Å². The number of hydrogen-bond donors (Lipinski definition) is 2. The Bertz CT molecular complexity index is 1920. The lowest BCUT2D eigenvalue weighted by molar-refractivity contribution is -0.175. The summed E-state index contributed by atoms with van der Waals surface area (Å²) in [4.78, 5) is 38.5. The van der Waals surface area contributed by atoms with Crippen LogP contribution in [0, 0.1) is 29.6 Å². The molecule has 0 radical (unpaired) electrons. The first-order valence-corrected chi connectivity index (χ1v) is 16.6. The van der Waals surface area contributed by atoms with E-state index in [9.17, 15) is 32.7 Å². The molecule has 51 heavy (non-hydrogen) atoms. The Morgan fingerprint density at radius 2 is 1.59 bits per heavy atom. The van der Waals surface area contributed by atoms with E-state index >= 15 is 0 Å². The van der Waals surface area contributed by atoms with E-state index in [1.165, 1.54) is 42.5 Å². The van der Waals surface area contributed by atoms with E-state index < -0.39 is 29.1 Å². The monoisotopic (exact) mass is 701 g/mol. The van der Waals surface area contributed by atoms with E-state index in [1.54, 1.807) is 12.1 Å². The number of hydrogen-bond acceptors (Lipinski definition) is 9. The Balaban J connectivity index is 0.965. The van der Waals surface area contributed by atoms with E-state index in [1.807, 2.05) is 12.1 Å². The number of anilines is 1. The molecule has 3 aromatic rings. The maximum absolute atomic E-state index is 13.8. The standard InChI is InChI=1S/C38H34F3N3O7/c1-2-13-49-33(47)26-5-12-31(45)30(15-26)42-32(46)21-50-29-10-8-27(9-11-29)35-16-24-14-25(17-35)19-36(18-24,22-35)34(48)51-20-23-3-6-28(7-4-23)37(43-44-37)38(39,40)41/h1,3-12,15,24-25,45H,13-14,16-22H2,(H,42,46). The molecule has 5 aliphatic rings. The first-order valence-electron chi connectivity index (χ1n) is 16.6. The second-order valence-corrected chi connectivity index (χ2v) is 14.0. The molecule has 4 fully saturated rings. The number of amides is 1. The molecule has 4 aliphatic carbocycles. The van der Waals surface area contributed by atoms with Gasteiger partial charge in [-0.2, -0.15) is 13.2 Å². The fraction of sp³-hybridized carbons (Fsp3) is 0.395. The Hall–Kier alpha value is -5.38. The predicted molar refractivity (Wildman–Crippen MR) is 175 cm³/mol. The van der Waals surface area contributed by atoms with E-state index in [-0.39, 0.29) is 53.8 Å². The number of terminal acetylenes is 1. The molecule has 4 bridgehead atoms. The van der Waals surface area contributed by atoms with Gasteiger partial charge < -0.3 is 24.6 Å². The maximum Gasteiger partial charge on any atom is 0.442 e. The number of carbonyl (C=O) groups is 3. The zero-order chi connectivity index (χ0) is 36.0. The van der Waals surface area contributed by atoms with Crippen molar-refractivity contribution in [2.75, 3.05) is 18.5 Å². The average Bonchev–Trinajstić information content (AvgIpc) is 3.92. The molecule has 0 saturated heterocycles. The molecule has 1 heterocycles. The number of halogens is 3. The van der Waals surface area contributed by atoms with Crippen LogP contribution in [0.25, 0.3) is 0 Å². The summed E-state index contributed by atoms with van der Waals surface area (Å²) in [5.41, 5.74) is -1.62. The highest BCUT2D eigenvalue weighted by Crippen LogP contribution is 2.66. The molecule has 2 atom stereocenters. The first kappa shape index (κ1) is 34.1. The number of esters is 2. The van der Waals surface area contributed by atoms with Crippen LogP contribution in [0.3, 0.4) is 0 Å². The van der Waals surface area contributed by atoms with Gasteiger partial charge in [-0.15, -0.1) is 16.7 Å². The molecular weight excluding hydrogens is 667 g/mol. The van der Waals surface area contributed by atoms with Crippen molar-refractivity contribution in [3.8, 4) is 23.8 Å². The summed E-state index contributed by atoms with van der Waals surface area (Å²) in [5, 5.41) is 19.2. The van der Waals surface area contributed by atoms with Crippen molar-refractivity contribution in [1.29, 1.82) is 0 Å². The van der Waals surface area contributed by atoms with Crippen LogP contribution in [0.4, 0.5) is 18.9 Å². The van der Waals surface area contributed by atoms with Crippen molar-refractivity contribution in [3.05, 3.63) is 89.0 Å². The van der Waals surface area contributed by atoms with Crippen LogP contribution in [0.15, 0.2) is 77.0 Å². The van der Waals surface area contributed by atoms with Gasteiger partial charge in [0.15, 0.2) is 13.2 Å². The third kappa shape index (κ3) is 6.51. The minimum Gasteiger partial charge on any atom is -0.506 e. The van der Waals surface area contributed by atoms with Crippen LogP contribution < -0.4 is 10.1 Å². The second-order valence-electron chi connectivity index (χ2n) is 14.0. The van der Waals surface area contributed by atoms with Crippen molar-refractivity contribution < 1.29 is 46.9 Å². The van der Waals surface area contributed by atoms with Gasteiger partial charge in [-0.3, -0.25) is 9.59 Å². The number of ether oxygens (including phenoxy) is 3. The number of nitrogens with zero attached hydrogens (tertiary/aromatic N) is 2. The topological polar surface area (TPSA) is 136 Å². The SMILES string of the molecule is C#CCOC(=O)c1ccc(O)c(NC(=O)COc2ccc(C34CC5CC(CC(C(=O)OCc6ccc(C7(C(F)(F)F)N=N7)cc6)(C5)C3)C4)cc2)c1. The van der Waals surface area contributed by atoms with Crippen molar-refractivity contribution in [3.63, 3.8) is 0 Å². The third-order valence-electron chi connectivity index (χ3n) is 10.5. The number of alkyl halides is 3. The summed E-state index contributed by atoms with van der Waals surface area (Å²) in [6.07, 6.45) is 5.63. The van der Waals surface area contributed by atoms with Crippen molar-refractivity contribution in [2.24, 2.45) is 27.5 Å². The van der Waals surface area contributed by atoms with E-state index in [0.29, 0.717) is 29.6 Å². The molecule has 2 N–H and O–H groups in total. The summed E-state index contributed by atoms with van der Waals surface area (Å²) in [5.74, 6) is 1.64. The maximum atomic E-state index is 13.8. The molecule has 4 saturated carbocycles. The summed E-state index contributed by atoms with van der Waals surface area (Å²) in [7, 11) is 0. The fourth-order valence-electron chi connectivity index (χ4n) is 8.61. The minimum absolute atomic E-state index is 0.0151. The Morgan fingerprint density at radius 3 is 2.22 bits per heavy atom. The number of rotatable bonds is 11. The zero-order valence-corrected chi connectivity index (χ0v) is 27.4. The molecule has 1 aliphatic heterocycles. The van der Waals surface area contributed by atoms with Gasteiger partial charge in [-0.05, 0) is 97.2 Å². The largest absolute Gasteiger partial charge is 0.506 e. The van der Waals surface area contributed by atoms with Crippen molar-refractivity contribution in [2.45, 2.75) is 62.4 Å². The molecule has 0 aromatic heterocycles. The molecule has 264 valence electrons. The first-order chi connectivity index (χ1) is 24.3. The lowest BCUT2D eigenvalue weighted by Crippen LogP contribution is -2.57. The van der Waals surface area contributed by atoms with E-state index in [4.69, 9.17) is 20.6 Å². The Kier molecular flexibility index (Phi) is 8.52. The number of phenols is 1. The van der Waals surface area contributed by atoms with Crippen LogP contribution in [0.1, 0.15) is 65.6 Å². The van der Waals surface area contributed by atoms with Gasteiger partial charge in [0.05, 0.1) is 16.7 Å². The van der Waals surface area contributed by atoms with Gasteiger partial charge in [0, 0.05) is 5.56 Å². The molecule has 0 spiro atoms. The third-order valence-corrected chi connectivity index (χ3v) is 10.5. The highest BCUT2D eigenvalue weighted by atomic mass is 19.4. The van der Waals surface area contributed by atoms with Gasteiger partial charge in [-0.25, -0.2) is 4.79 Å². The van der Waals surface area contributed by atoms with E-state index in [2.05, 4.69) is 21.5 Å². The van der Waals surface area contributed by atoms with Crippen LogP contribution in [0.5, 0.6) is 11.5 Å². The molecule has 10 nitrogen and oxygen atoms in total. The number of phenolic OH excluding ortho intramolecular Hbond substituents is 1. The molecule has 13 heteroatoms.